The second kappa shape index (κ2) is 9.94. The van der Waals surface area contributed by atoms with Crippen LogP contribution in [0.1, 0.15) is 37.3 Å². The highest BCUT2D eigenvalue weighted by atomic mass is 16.5. The molecule has 8 nitrogen and oxygen atoms in total. The van der Waals surface area contributed by atoms with Gasteiger partial charge in [-0.1, -0.05) is 18.2 Å². The van der Waals surface area contributed by atoms with Crippen LogP contribution in [0.4, 0.5) is 5.69 Å². The zero-order valence-corrected chi connectivity index (χ0v) is 18.8. The maximum atomic E-state index is 13.2. The van der Waals surface area contributed by atoms with E-state index < -0.39 is 17.9 Å². The number of benzene rings is 2. The molecule has 8 heteroatoms. The van der Waals surface area contributed by atoms with Crippen molar-refractivity contribution in [2.24, 2.45) is 5.92 Å². The Hall–Kier alpha value is -3.55. The van der Waals surface area contributed by atoms with Crippen LogP contribution in [0.2, 0.25) is 0 Å². The number of carbonyl (C=O) groups excluding carboxylic acids is 3. The Balaban J connectivity index is 1.65. The molecule has 2 fully saturated rings. The molecule has 2 amide bonds. The first kappa shape index (κ1) is 22.6. The predicted octanol–water partition coefficient (Wildman–Crippen LogP) is 3.01. The molecule has 1 N–H and O–H groups in total. The number of ether oxygens (including phenoxy) is 3. The fraction of sp³-hybridized carbons (Fsp3) is 0.400. The lowest BCUT2D eigenvalue weighted by atomic mass is 9.83. The van der Waals surface area contributed by atoms with E-state index in [9.17, 15) is 14.4 Å². The highest BCUT2D eigenvalue weighted by molar-refractivity contribution is 5.97. The molecule has 1 aliphatic carbocycles. The van der Waals surface area contributed by atoms with Gasteiger partial charge in [0.05, 0.1) is 26.2 Å². The van der Waals surface area contributed by atoms with E-state index in [4.69, 9.17) is 14.2 Å². The van der Waals surface area contributed by atoms with Crippen LogP contribution in [0.3, 0.4) is 0 Å². The number of methoxy groups -OCH3 is 2. The van der Waals surface area contributed by atoms with Crippen LogP contribution >= 0.6 is 0 Å². The molecular weight excluding hydrogens is 424 g/mol. The molecule has 0 aromatic heterocycles. The summed E-state index contributed by atoms with van der Waals surface area (Å²) in [6, 6.07) is 14.0. The number of rotatable bonds is 8. The summed E-state index contributed by atoms with van der Waals surface area (Å²) in [5.74, 6) is -0.349. The van der Waals surface area contributed by atoms with E-state index >= 15 is 0 Å². The van der Waals surface area contributed by atoms with Gasteiger partial charge in [-0.25, -0.2) is 0 Å². The van der Waals surface area contributed by atoms with E-state index in [1.807, 2.05) is 18.2 Å². The highest BCUT2D eigenvalue weighted by Gasteiger charge is 2.43. The van der Waals surface area contributed by atoms with Crippen molar-refractivity contribution < 1.29 is 28.6 Å². The van der Waals surface area contributed by atoms with Crippen LogP contribution in [-0.2, 0) is 19.1 Å². The van der Waals surface area contributed by atoms with Crippen molar-refractivity contribution in [1.82, 2.24) is 5.32 Å². The van der Waals surface area contributed by atoms with Gasteiger partial charge in [0, 0.05) is 23.7 Å². The predicted molar refractivity (Wildman–Crippen MR) is 121 cm³/mol. The summed E-state index contributed by atoms with van der Waals surface area (Å²) in [4.78, 5) is 40.0. The van der Waals surface area contributed by atoms with Gasteiger partial charge in [0.1, 0.15) is 11.5 Å². The van der Waals surface area contributed by atoms with Crippen molar-refractivity contribution in [2.45, 2.75) is 37.8 Å². The zero-order chi connectivity index (χ0) is 23.4. The Kier molecular flexibility index (Phi) is 6.82. The van der Waals surface area contributed by atoms with E-state index in [1.165, 1.54) is 0 Å². The van der Waals surface area contributed by atoms with Gasteiger partial charge in [0.15, 0.2) is 6.61 Å². The van der Waals surface area contributed by atoms with E-state index in [-0.39, 0.29) is 30.9 Å². The molecule has 4 rings (SSSR count). The second-order valence-corrected chi connectivity index (χ2v) is 8.24. The largest absolute Gasteiger partial charge is 0.497 e. The molecular formula is C25H28N2O6. The Labute approximate surface area is 192 Å². The third-order valence-corrected chi connectivity index (χ3v) is 6.00. The van der Waals surface area contributed by atoms with E-state index in [0.29, 0.717) is 29.2 Å². The van der Waals surface area contributed by atoms with Gasteiger partial charge in [-0.3, -0.25) is 14.4 Å². The van der Waals surface area contributed by atoms with Crippen molar-refractivity contribution >= 4 is 23.5 Å². The van der Waals surface area contributed by atoms with Crippen molar-refractivity contribution in [3.05, 3.63) is 54.1 Å². The van der Waals surface area contributed by atoms with E-state index in [1.54, 1.807) is 49.5 Å². The normalized spacial score (nSPS) is 20.2. The molecule has 1 heterocycles. The SMILES string of the molecule is COc1ccc(N2C(=O)CCC(C(=O)OCC(=O)NC3CC3)C2c2ccccc2OC)cc1. The molecule has 2 aromatic rings. The van der Waals surface area contributed by atoms with Crippen molar-refractivity contribution in [2.75, 3.05) is 25.7 Å². The number of anilines is 1. The smallest absolute Gasteiger partial charge is 0.311 e. The molecule has 2 aromatic carbocycles. The first-order chi connectivity index (χ1) is 16.0. The molecule has 0 radical (unpaired) electrons. The topological polar surface area (TPSA) is 94.2 Å². The standard InChI is InChI=1S/C25H28N2O6/c1-31-18-11-9-17(10-12-18)27-23(29)14-13-20(24(27)19-5-3-4-6-21(19)32-2)25(30)33-15-22(28)26-16-7-8-16/h3-6,9-12,16,20,24H,7-8,13-15H2,1-2H3,(H,26,28). The van der Waals surface area contributed by atoms with Gasteiger partial charge in [-0.05, 0) is 49.6 Å². The van der Waals surface area contributed by atoms with E-state index in [2.05, 4.69) is 5.32 Å². The number of nitrogens with zero attached hydrogens (tertiary/aromatic N) is 1. The number of esters is 1. The van der Waals surface area contributed by atoms with Crippen LogP contribution in [0.25, 0.3) is 0 Å². The Morgan fingerprint density at radius 2 is 1.73 bits per heavy atom. The molecule has 2 atom stereocenters. The summed E-state index contributed by atoms with van der Waals surface area (Å²) in [6.45, 7) is -0.332. The third kappa shape index (κ3) is 5.10. The zero-order valence-electron chi connectivity index (χ0n) is 18.8. The number of hydrogen-bond donors (Lipinski definition) is 1. The molecule has 0 bridgehead atoms. The minimum absolute atomic E-state index is 0.105. The molecule has 174 valence electrons. The number of nitrogens with one attached hydrogen (secondary N) is 1. The van der Waals surface area contributed by atoms with E-state index in [0.717, 1.165) is 12.8 Å². The maximum absolute atomic E-state index is 13.2. The molecule has 0 spiro atoms. The number of amides is 2. The number of piperidine rings is 1. The first-order valence-electron chi connectivity index (χ1n) is 11.1. The van der Waals surface area contributed by atoms with Crippen molar-refractivity contribution in [3.8, 4) is 11.5 Å². The molecule has 2 aliphatic rings. The number of carbonyl (C=O) groups is 3. The van der Waals surface area contributed by atoms with Gasteiger partial charge in [0.2, 0.25) is 5.91 Å². The summed E-state index contributed by atoms with van der Waals surface area (Å²) in [6.07, 6.45) is 2.41. The minimum Gasteiger partial charge on any atom is -0.497 e. The molecule has 33 heavy (non-hydrogen) atoms. The lowest BCUT2D eigenvalue weighted by Gasteiger charge is -2.40. The van der Waals surface area contributed by atoms with Gasteiger partial charge in [0.25, 0.3) is 5.91 Å². The third-order valence-electron chi connectivity index (χ3n) is 6.00. The summed E-state index contributed by atoms with van der Waals surface area (Å²) in [7, 11) is 3.13. The lowest BCUT2D eigenvalue weighted by Crippen LogP contribution is -2.46. The van der Waals surface area contributed by atoms with Crippen molar-refractivity contribution in [1.29, 1.82) is 0 Å². The van der Waals surface area contributed by atoms with Crippen LogP contribution in [0.5, 0.6) is 11.5 Å². The fourth-order valence-electron chi connectivity index (χ4n) is 4.19. The average Bonchev–Trinajstić information content (AvgIpc) is 3.66. The monoisotopic (exact) mass is 452 g/mol. The quantitative estimate of drug-likeness (QED) is 0.619. The summed E-state index contributed by atoms with van der Waals surface area (Å²) in [5.41, 5.74) is 1.34. The highest BCUT2D eigenvalue weighted by Crippen LogP contribution is 2.43. The summed E-state index contributed by atoms with van der Waals surface area (Å²) < 4.78 is 16.2. The first-order valence-corrected chi connectivity index (χ1v) is 11.1. The van der Waals surface area contributed by atoms with Crippen LogP contribution in [-0.4, -0.2) is 44.7 Å². The summed E-state index contributed by atoms with van der Waals surface area (Å²) >= 11 is 0. The van der Waals surface area contributed by atoms with Gasteiger partial charge in [-0.2, -0.15) is 0 Å². The maximum Gasteiger partial charge on any atom is 0.311 e. The number of hydrogen-bond acceptors (Lipinski definition) is 6. The second-order valence-electron chi connectivity index (χ2n) is 8.24. The fourth-order valence-corrected chi connectivity index (χ4v) is 4.19. The minimum atomic E-state index is -0.658. The molecule has 1 aliphatic heterocycles. The molecule has 1 saturated carbocycles. The Bertz CT molecular complexity index is 1020. The average molecular weight is 453 g/mol. The number of para-hydroxylation sites is 1. The lowest BCUT2D eigenvalue weighted by molar-refractivity contribution is -0.154. The molecule has 2 unspecified atom stereocenters. The van der Waals surface area contributed by atoms with Crippen LogP contribution in [0, 0.1) is 5.92 Å². The Morgan fingerprint density at radius 1 is 1.00 bits per heavy atom. The van der Waals surface area contributed by atoms with Crippen LogP contribution < -0.4 is 19.7 Å². The van der Waals surface area contributed by atoms with Crippen molar-refractivity contribution in [3.63, 3.8) is 0 Å². The Morgan fingerprint density at radius 3 is 2.39 bits per heavy atom. The summed E-state index contributed by atoms with van der Waals surface area (Å²) in [5, 5.41) is 2.81. The van der Waals surface area contributed by atoms with Crippen LogP contribution in [0.15, 0.2) is 48.5 Å². The van der Waals surface area contributed by atoms with Gasteiger partial charge < -0.3 is 24.4 Å². The molecule has 1 saturated heterocycles. The van der Waals surface area contributed by atoms with Gasteiger partial charge in [-0.15, -0.1) is 0 Å². The van der Waals surface area contributed by atoms with Gasteiger partial charge >= 0.3 is 5.97 Å².